The Labute approximate surface area is 193 Å². The Hall–Kier alpha value is -2.83. The number of likely N-dealkylation sites (tertiary alicyclic amines) is 1. The summed E-state index contributed by atoms with van der Waals surface area (Å²) in [6.07, 6.45) is 1.49. The minimum atomic E-state index is -0.695. The van der Waals surface area contributed by atoms with E-state index in [1.54, 1.807) is 35.2 Å². The number of hydrogen-bond acceptors (Lipinski definition) is 5. The average molecular weight is 455 g/mol. The van der Waals surface area contributed by atoms with Gasteiger partial charge >= 0.3 is 0 Å². The van der Waals surface area contributed by atoms with Crippen LogP contribution in [-0.4, -0.2) is 59.9 Å². The highest BCUT2D eigenvalue weighted by molar-refractivity contribution is 6.46. The molecule has 0 saturated carbocycles. The Morgan fingerprint density at radius 1 is 1.22 bits per heavy atom. The van der Waals surface area contributed by atoms with Crippen molar-refractivity contribution in [3.05, 3.63) is 69.8 Å². The number of ketones is 1. The van der Waals surface area contributed by atoms with Gasteiger partial charge in [-0.1, -0.05) is 23.7 Å². The fourth-order valence-electron chi connectivity index (χ4n) is 4.42. The maximum absolute atomic E-state index is 13.1. The summed E-state index contributed by atoms with van der Waals surface area (Å²) in [4.78, 5) is 29.7. The lowest BCUT2D eigenvalue weighted by atomic mass is 9.94. The van der Waals surface area contributed by atoms with Crippen molar-refractivity contribution in [3.63, 3.8) is 0 Å². The molecule has 2 atom stereocenters. The Balaban J connectivity index is 1.78. The van der Waals surface area contributed by atoms with E-state index < -0.39 is 17.7 Å². The van der Waals surface area contributed by atoms with Crippen LogP contribution in [0.4, 0.5) is 0 Å². The van der Waals surface area contributed by atoms with Gasteiger partial charge in [-0.25, -0.2) is 0 Å². The summed E-state index contributed by atoms with van der Waals surface area (Å²) in [5.41, 5.74) is 2.26. The van der Waals surface area contributed by atoms with Crippen molar-refractivity contribution in [2.24, 2.45) is 0 Å². The Morgan fingerprint density at radius 3 is 2.72 bits per heavy atom. The number of fused-ring (bicyclic) bond motifs is 1. The number of amides is 1. The van der Waals surface area contributed by atoms with Crippen LogP contribution < -0.4 is 4.74 Å². The summed E-state index contributed by atoms with van der Waals surface area (Å²) >= 11 is 6.22. The molecule has 1 amide bonds. The molecule has 0 bridgehead atoms. The molecule has 0 radical (unpaired) electrons. The topological polar surface area (TPSA) is 70.1 Å². The first-order valence-corrected chi connectivity index (χ1v) is 11.1. The number of benzene rings is 2. The molecule has 32 heavy (non-hydrogen) atoms. The van der Waals surface area contributed by atoms with Gasteiger partial charge in [0.05, 0.1) is 11.6 Å². The Morgan fingerprint density at radius 2 is 2.00 bits per heavy atom. The molecule has 1 saturated heterocycles. The maximum Gasteiger partial charge on any atom is 0.295 e. The highest BCUT2D eigenvalue weighted by atomic mass is 35.5. The number of halogens is 1. The van der Waals surface area contributed by atoms with Crippen molar-refractivity contribution >= 4 is 29.1 Å². The zero-order chi connectivity index (χ0) is 23.0. The van der Waals surface area contributed by atoms with E-state index >= 15 is 0 Å². The second-order valence-corrected chi connectivity index (χ2v) is 9.10. The highest BCUT2D eigenvalue weighted by Gasteiger charge is 2.45. The molecule has 2 aromatic carbocycles. The van der Waals surface area contributed by atoms with Crippen LogP contribution in [0.25, 0.3) is 5.76 Å². The first kappa shape index (κ1) is 22.4. The lowest BCUT2D eigenvalue weighted by Crippen LogP contribution is -2.32. The summed E-state index contributed by atoms with van der Waals surface area (Å²) in [6.45, 7) is 3.15. The lowest BCUT2D eigenvalue weighted by Gasteiger charge is -2.26. The summed E-state index contributed by atoms with van der Waals surface area (Å²) in [5.74, 6) is -0.675. The van der Waals surface area contributed by atoms with Gasteiger partial charge in [0.1, 0.15) is 17.6 Å². The molecule has 0 unspecified atom stereocenters. The van der Waals surface area contributed by atoms with Crippen LogP contribution in [-0.2, 0) is 16.0 Å². The lowest BCUT2D eigenvalue weighted by molar-refractivity contribution is -0.139. The predicted molar refractivity (Wildman–Crippen MR) is 124 cm³/mol. The third kappa shape index (κ3) is 4.25. The van der Waals surface area contributed by atoms with Crippen LogP contribution in [0.5, 0.6) is 5.75 Å². The maximum atomic E-state index is 13.1. The van der Waals surface area contributed by atoms with E-state index in [1.165, 1.54) is 0 Å². The SMILES string of the molecule is C[C@@H]1Cc2cc(/C(O)=C3\C(=O)C(=O)N(CCCN(C)C)[C@H]3c3cccc(Cl)c3)ccc2O1. The molecule has 0 aromatic heterocycles. The number of aliphatic hydroxyl groups is 1. The molecule has 7 heteroatoms. The molecule has 2 aliphatic rings. The van der Waals surface area contributed by atoms with Crippen molar-refractivity contribution in [2.75, 3.05) is 27.2 Å². The molecule has 2 aliphatic heterocycles. The molecule has 1 N–H and O–H groups in total. The van der Waals surface area contributed by atoms with E-state index in [-0.39, 0.29) is 17.4 Å². The van der Waals surface area contributed by atoms with E-state index in [0.717, 1.165) is 24.3 Å². The number of hydrogen-bond donors (Lipinski definition) is 1. The third-order valence-electron chi connectivity index (χ3n) is 5.88. The van der Waals surface area contributed by atoms with Crippen LogP contribution in [0.15, 0.2) is 48.0 Å². The minimum Gasteiger partial charge on any atom is -0.507 e. The fourth-order valence-corrected chi connectivity index (χ4v) is 4.61. The van der Waals surface area contributed by atoms with E-state index in [4.69, 9.17) is 16.3 Å². The number of nitrogens with zero attached hydrogens (tertiary/aromatic N) is 2. The van der Waals surface area contributed by atoms with Gasteiger partial charge in [0, 0.05) is 23.6 Å². The van der Waals surface area contributed by atoms with Crippen LogP contribution in [0.2, 0.25) is 5.02 Å². The van der Waals surface area contributed by atoms with Crippen molar-refractivity contribution in [1.29, 1.82) is 0 Å². The van der Waals surface area contributed by atoms with Gasteiger partial charge in [-0.2, -0.15) is 0 Å². The average Bonchev–Trinajstić information content (AvgIpc) is 3.24. The monoisotopic (exact) mass is 454 g/mol. The van der Waals surface area contributed by atoms with Crippen LogP contribution in [0, 0.1) is 0 Å². The quantitative estimate of drug-likeness (QED) is 0.405. The largest absolute Gasteiger partial charge is 0.507 e. The van der Waals surface area contributed by atoms with E-state index in [1.807, 2.05) is 38.1 Å². The van der Waals surface area contributed by atoms with Gasteiger partial charge < -0.3 is 19.6 Å². The van der Waals surface area contributed by atoms with Crippen LogP contribution in [0.1, 0.15) is 36.1 Å². The molecule has 4 rings (SSSR count). The van der Waals surface area contributed by atoms with E-state index in [9.17, 15) is 14.7 Å². The highest BCUT2D eigenvalue weighted by Crippen LogP contribution is 2.41. The summed E-state index contributed by atoms with van der Waals surface area (Å²) in [7, 11) is 3.92. The number of carbonyl (C=O) groups is 2. The zero-order valence-corrected chi connectivity index (χ0v) is 19.2. The second kappa shape index (κ2) is 8.96. The first-order valence-electron chi connectivity index (χ1n) is 10.7. The van der Waals surface area contributed by atoms with Crippen LogP contribution in [0.3, 0.4) is 0 Å². The Kier molecular flexibility index (Phi) is 6.26. The van der Waals surface area contributed by atoms with Crippen molar-refractivity contribution in [3.8, 4) is 5.75 Å². The first-order chi connectivity index (χ1) is 15.3. The van der Waals surface area contributed by atoms with Crippen molar-refractivity contribution in [2.45, 2.75) is 31.9 Å². The number of ether oxygens (including phenoxy) is 1. The smallest absolute Gasteiger partial charge is 0.295 e. The molecule has 0 spiro atoms. The van der Waals surface area contributed by atoms with Gasteiger partial charge in [-0.15, -0.1) is 0 Å². The summed E-state index contributed by atoms with van der Waals surface area (Å²) < 4.78 is 5.74. The van der Waals surface area contributed by atoms with E-state index in [2.05, 4.69) is 0 Å². The molecular weight excluding hydrogens is 428 g/mol. The molecule has 1 fully saturated rings. The van der Waals surface area contributed by atoms with Gasteiger partial charge in [-0.3, -0.25) is 9.59 Å². The zero-order valence-electron chi connectivity index (χ0n) is 18.5. The molecule has 2 heterocycles. The minimum absolute atomic E-state index is 0.0659. The summed E-state index contributed by atoms with van der Waals surface area (Å²) in [5, 5.41) is 11.7. The number of rotatable bonds is 6. The van der Waals surface area contributed by atoms with Crippen LogP contribution >= 0.6 is 11.6 Å². The molecule has 168 valence electrons. The van der Waals surface area contributed by atoms with Gasteiger partial charge in [0.25, 0.3) is 11.7 Å². The normalized spacial score (nSPS) is 21.8. The number of aliphatic hydroxyl groups excluding tert-OH is 1. The van der Waals surface area contributed by atoms with Crippen molar-refractivity contribution < 1.29 is 19.4 Å². The number of carbonyl (C=O) groups excluding carboxylic acids is 2. The standard InChI is InChI=1S/C25H27ClN2O4/c1-15-12-18-13-17(8-9-20(18)32-15)23(29)21-22(16-6-4-7-19(26)14-16)28(25(31)24(21)30)11-5-10-27(2)3/h4,6-9,13-15,22,29H,5,10-12H2,1-3H3/b23-21+/t15-,22+/m1/s1. The van der Waals surface area contributed by atoms with Gasteiger partial charge in [-0.05, 0) is 75.4 Å². The van der Waals surface area contributed by atoms with Gasteiger partial charge in [0.2, 0.25) is 0 Å². The number of Topliss-reactive ketones (excluding diaryl/α,β-unsaturated/α-hetero) is 1. The molecule has 2 aromatic rings. The summed E-state index contributed by atoms with van der Waals surface area (Å²) in [6, 6.07) is 11.8. The molecular formula is C25H27ClN2O4. The Bertz CT molecular complexity index is 1100. The van der Waals surface area contributed by atoms with Gasteiger partial charge in [0.15, 0.2) is 0 Å². The molecule has 6 nitrogen and oxygen atoms in total. The molecule has 0 aliphatic carbocycles. The fraction of sp³-hybridized carbons (Fsp3) is 0.360. The third-order valence-corrected chi connectivity index (χ3v) is 6.11. The van der Waals surface area contributed by atoms with Crippen molar-refractivity contribution in [1.82, 2.24) is 9.80 Å². The predicted octanol–water partition coefficient (Wildman–Crippen LogP) is 4.04. The van der Waals surface area contributed by atoms with E-state index in [0.29, 0.717) is 29.1 Å². The second-order valence-electron chi connectivity index (χ2n) is 8.66.